The number of hydrogen-bond acceptors (Lipinski definition) is 5. The Kier molecular flexibility index (Phi) is 6.65. The molecule has 2 amide bonds. The first-order valence-electron chi connectivity index (χ1n) is 9.61. The fourth-order valence-corrected chi connectivity index (χ4v) is 4.40. The third kappa shape index (κ3) is 4.58. The van der Waals surface area contributed by atoms with Gasteiger partial charge in [-0.1, -0.05) is 18.2 Å². The molecule has 2 aromatic carbocycles. The molecule has 1 aliphatic rings. The summed E-state index contributed by atoms with van der Waals surface area (Å²) in [4.78, 5) is 25.3. The van der Waals surface area contributed by atoms with E-state index < -0.39 is 45.5 Å². The zero-order valence-electron chi connectivity index (χ0n) is 17.6. The van der Waals surface area contributed by atoms with Crippen LogP contribution in [0, 0.1) is 0 Å². The van der Waals surface area contributed by atoms with Crippen molar-refractivity contribution < 1.29 is 49.5 Å². The largest absolute Gasteiger partial charge is 0.430 e. The SMILES string of the molecule is CNS(=O)(=O)c1ccc2c(c1)CN(C=O)C2C(=O)Nc1ccc(C(O)(C(F)(F)F)C(F)(F)F)cc1. The zero-order chi connectivity index (χ0) is 26.4. The highest BCUT2D eigenvalue weighted by atomic mass is 32.2. The van der Waals surface area contributed by atoms with Gasteiger partial charge >= 0.3 is 12.4 Å². The second kappa shape index (κ2) is 8.80. The molecule has 0 aromatic heterocycles. The number of anilines is 1. The minimum absolute atomic E-state index is 0.108. The van der Waals surface area contributed by atoms with Crippen molar-refractivity contribution in [3.8, 4) is 0 Å². The lowest BCUT2D eigenvalue weighted by molar-refractivity contribution is -0.376. The summed E-state index contributed by atoms with van der Waals surface area (Å²) in [5.41, 5.74) is -6.20. The van der Waals surface area contributed by atoms with Gasteiger partial charge in [0.05, 0.1) is 4.90 Å². The Labute approximate surface area is 194 Å². The maximum Gasteiger partial charge on any atom is 0.430 e. The van der Waals surface area contributed by atoms with Crippen molar-refractivity contribution in [3.05, 3.63) is 59.2 Å². The number of carbonyl (C=O) groups is 2. The molecule has 0 aliphatic carbocycles. The number of rotatable bonds is 6. The Balaban J connectivity index is 1.89. The number of amides is 2. The van der Waals surface area contributed by atoms with E-state index in [1.54, 1.807) is 0 Å². The molecule has 0 saturated carbocycles. The van der Waals surface area contributed by atoms with Crippen LogP contribution in [0.15, 0.2) is 47.4 Å². The van der Waals surface area contributed by atoms with Gasteiger partial charge in [-0.3, -0.25) is 9.59 Å². The molecule has 0 saturated heterocycles. The van der Waals surface area contributed by atoms with E-state index in [1.165, 1.54) is 25.2 Å². The van der Waals surface area contributed by atoms with Crippen LogP contribution in [0.5, 0.6) is 0 Å². The number of sulfonamides is 1. The monoisotopic (exact) mass is 525 g/mol. The molecule has 3 N–H and O–H groups in total. The number of nitrogens with one attached hydrogen (secondary N) is 2. The lowest BCUT2D eigenvalue weighted by Crippen LogP contribution is -2.53. The highest BCUT2D eigenvalue weighted by Gasteiger charge is 2.71. The maximum atomic E-state index is 13.0. The molecular weight excluding hydrogens is 508 g/mol. The molecule has 1 heterocycles. The molecule has 8 nitrogen and oxygen atoms in total. The van der Waals surface area contributed by atoms with Crippen LogP contribution in [0.4, 0.5) is 32.0 Å². The quantitative estimate of drug-likeness (QED) is 0.396. The van der Waals surface area contributed by atoms with Gasteiger partial charge in [0, 0.05) is 17.8 Å². The summed E-state index contributed by atoms with van der Waals surface area (Å²) < 4.78 is 104. The van der Waals surface area contributed by atoms with Gasteiger partial charge in [-0.05, 0) is 42.4 Å². The summed E-state index contributed by atoms with van der Waals surface area (Å²) in [6.07, 6.45) is -11.8. The van der Waals surface area contributed by atoms with Crippen LogP contribution >= 0.6 is 0 Å². The normalized spacial score (nSPS) is 16.7. The number of halogens is 6. The summed E-state index contributed by atoms with van der Waals surface area (Å²) in [6, 6.07) is 4.77. The van der Waals surface area contributed by atoms with E-state index in [0.29, 0.717) is 24.1 Å². The van der Waals surface area contributed by atoms with Gasteiger partial charge in [0.1, 0.15) is 6.04 Å². The van der Waals surface area contributed by atoms with Gasteiger partial charge < -0.3 is 15.3 Å². The zero-order valence-corrected chi connectivity index (χ0v) is 18.4. The van der Waals surface area contributed by atoms with Crippen molar-refractivity contribution in [2.24, 2.45) is 0 Å². The molecule has 2 aromatic rings. The molecular formula is C20H17F6N3O5S. The number of hydrogen-bond donors (Lipinski definition) is 3. The van der Waals surface area contributed by atoms with E-state index >= 15 is 0 Å². The lowest BCUT2D eigenvalue weighted by atomic mass is 9.92. The van der Waals surface area contributed by atoms with Crippen LogP contribution in [0.1, 0.15) is 22.7 Å². The number of benzene rings is 2. The van der Waals surface area contributed by atoms with Crippen LogP contribution in [0.2, 0.25) is 0 Å². The Hall–Kier alpha value is -3.17. The van der Waals surface area contributed by atoms with Crippen molar-refractivity contribution in [2.75, 3.05) is 12.4 Å². The summed E-state index contributed by atoms with van der Waals surface area (Å²) in [5, 5.41) is 11.7. The maximum absolute atomic E-state index is 13.0. The first-order chi connectivity index (χ1) is 16.1. The van der Waals surface area contributed by atoms with E-state index in [1.807, 2.05) is 0 Å². The fraction of sp³-hybridized carbons (Fsp3) is 0.300. The van der Waals surface area contributed by atoms with Crippen molar-refractivity contribution in [1.29, 1.82) is 0 Å². The number of alkyl halides is 6. The second-order valence-corrected chi connectivity index (χ2v) is 9.41. The summed E-state index contributed by atoms with van der Waals surface area (Å²) in [5.74, 6) is -0.852. The summed E-state index contributed by atoms with van der Waals surface area (Å²) >= 11 is 0. The van der Waals surface area contributed by atoms with Gasteiger partial charge in [-0.25, -0.2) is 13.1 Å². The molecule has 0 spiro atoms. The Morgan fingerprint density at radius 3 is 2.11 bits per heavy atom. The molecule has 35 heavy (non-hydrogen) atoms. The average molecular weight is 525 g/mol. The lowest BCUT2D eigenvalue weighted by Gasteiger charge is -2.32. The van der Waals surface area contributed by atoms with Gasteiger partial charge in [-0.2, -0.15) is 26.3 Å². The summed E-state index contributed by atoms with van der Waals surface area (Å²) in [6.45, 7) is -0.118. The summed E-state index contributed by atoms with van der Waals surface area (Å²) in [7, 11) is -2.61. The number of carbonyl (C=O) groups excluding carboxylic acids is 2. The molecule has 1 atom stereocenters. The minimum atomic E-state index is -6.06. The molecule has 0 bridgehead atoms. The van der Waals surface area contributed by atoms with Crippen molar-refractivity contribution in [1.82, 2.24) is 9.62 Å². The third-order valence-corrected chi connectivity index (χ3v) is 6.86. The van der Waals surface area contributed by atoms with Crippen LogP contribution in [0.25, 0.3) is 0 Å². The van der Waals surface area contributed by atoms with Gasteiger partial charge in [-0.15, -0.1) is 0 Å². The van der Waals surface area contributed by atoms with Crippen LogP contribution < -0.4 is 10.0 Å². The van der Waals surface area contributed by atoms with Crippen LogP contribution in [0.3, 0.4) is 0 Å². The molecule has 1 aliphatic heterocycles. The van der Waals surface area contributed by atoms with E-state index in [9.17, 15) is 49.5 Å². The van der Waals surface area contributed by atoms with Gasteiger partial charge in [0.15, 0.2) is 0 Å². The number of nitrogens with zero attached hydrogens (tertiary/aromatic N) is 1. The van der Waals surface area contributed by atoms with Crippen LogP contribution in [-0.2, 0) is 31.8 Å². The standard InChI is InChI=1S/C20H17F6N3O5S/c1-27-35(33,34)14-6-7-15-11(8-14)9-29(10-30)16(15)17(31)28-13-4-2-12(3-5-13)18(32,19(21,22)23)20(24,25)26/h2-8,10,16,27,32H,9H2,1H3,(H,28,31). The predicted octanol–water partition coefficient (Wildman–Crippen LogP) is 2.56. The smallest absolute Gasteiger partial charge is 0.369 e. The second-order valence-electron chi connectivity index (χ2n) is 7.52. The number of fused-ring (bicyclic) bond motifs is 1. The highest BCUT2D eigenvalue weighted by Crippen LogP contribution is 2.50. The van der Waals surface area contributed by atoms with E-state index in [2.05, 4.69) is 10.0 Å². The van der Waals surface area contributed by atoms with Crippen molar-refractivity contribution in [2.45, 2.75) is 35.4 Å². The topological polar surface area (TPSA) is 116 Å². The van der Waals surface area contributed by atoms with Crippen molar-refractivity contribution >= 4 is 28.0 Å². The average Bonchev–Trinajstić information content (AvgIpc) is 3.15. The van der Waals surface area contributed by atoms with Crippen LogP contribution in [-0.4, -0.2) is 50.1 Å². The van der Waals surface area contributed by atoms with Gasteiger partial charge in [0.25, 0.3) is 11.5 Å². The van der Waals surface area contributed by atoms with E-state index in [0.717, 1.165) is 17.0 Å². The molecule has 0 fully saturated rings. The Morgan fingerprint density at radius 1 is 1.06 bits per heavy atom. The Morgan fingerprint density at radius 2 is 1.63 bits per heavy atom. The molecule has 0 radical (unpaired) electrons. The molecule has 15 heteroatoms. The van der Waals surface area contributed by atoms with Gasteiger partial charge in [0.2, 0.25) is 16.4 Å². The third-order valence-electron chi connectivity index (χ3n) is 5.45. The molecule has 1 unspecified atom stereocenters. The first kappa shape index (κ1) is 26.4. The first-order valence-corrected chi connectivity index (χ1v) is 11.1. The molecule has 190 valence electrons. The molecule has 3 rings (SSSR count). The Bertz CT molecular complexity index is 1230. The van der Waals surface area contributed by atoms with E-state index in [-0.39, 0.29) is 22.7 Å². The highest BCUT2D eigenvalue weighted by molar-refractivity contribution is 7.89. The van der Waals surface area contributed by atoms with E-state index in [4.69, 9.17) is 0 Å². The number of aliphatic hydroxyl groups is 1. The predicted molar refractivity (Wildman–Crippen MR) is 108 cm³/mol. The van der Waals surface area contributed by atoms with Crippen molar-refractivity contribution in [3.63, 3.8) is 0 Å². The fourth-order valence-electron chi connectivity index (χ4n) is 3.62. The minimum Gasteiger partial charge on any atom is -0.369 e.